The van der Waals surface area contributed by atoms with Crippen LogP contribution in [-0.4, -0.2) is 0 Å². The molecule has 0 unspecified atom stereocenters. The van der Waals surface area contributed by atoms with E-state index in [2.05, 4.69) is 17.4 Å². The van der Waals surface area contributed by atoms with Crippen molar-refractivity contribution in [3.63, 3.8) is 0 Å². The molecule has 3 heteroatoms. The van der Waals surface area contributed by atoms with Gasteiger partial charge in [0, 0.05) is 12.2 Å². The van der Waals surface area contributed by atoms with Crippen molar-refractivity contribution in [2.24, 2.45) is 0 Å². The SMILES string of the molecule is Nc1ccc(NCc2ccccc2)c(N)c1. The predicted octanol–water partition coefficient (Wildman–Crippen LogP) is 2.46. The van der Waals surface area contributed by atoms with Crippen molar-refractivity contribution in [2.75, 3.05) is 16.8 Å². The van der Waals surface area contributed by atoms with Crippen LogP contribution in [0.15, 0.2) is 48.5 Å². The maximum atomic E-state index is 5.84. The summed E-state index contributed by atoms with van der Waals surface area (Å²) in [5.41, 5.74) is 15.0. The van der Waals surface area contributed by atoms with E-state index in [1.54, 1.807) is 6.07 Å². The Bertz CT molecular complexity index is 466. The van der Waals surface area contributed by atoms with Gasteiger partial charge in [-0.1, -0.05) is 30.3 Å². The summed E-state index contributed by atoms with van der Waals surface area (Å²) in [5.74, 6) is 0. The summed E-state index contributed by atoms with van der Waals surface area (Å²) in [6.07, 6.45) is 0. The van der Waals surface area contributed by atoms with E-state index in [-0.39, 0.29) is 0 Å². The smallest absolute Gasteiger partial charge is 0.0578 e. The summed E-state index contributed by atoms with van der Waals surface area (Å²) < 4.78 is 0. The second-order valence-electron chi connectivity index (χ2n) is 3.69. The minimum Gasteiger partial charge on any atom is -0.399 e. The van der Waals surface area contributed by atoms with Gasteiger partial charge in [-0.15, -0.1) is 0 Å². The lowest BCUT2D eigenvalue weighted by Crippen LogP contribution is -2.02. The first-order chi connectivity index (χ1) is 7.75. The first-order valence-electron chi connectivity index (χ1n) is 5.18. The monoisotopic (exact) mass is 213 g/mol. The van der Waals surface area contributed by atoms with E-state index < -0.39 is 0 Å². The normalized spacial score (nSPS) is 10.0. The number of rotatable bonds is 3. The van der Waals surface area contributed by atoms with E-state index in [9.17, 15) is 0 Å². The predicted molar refractivity (Wildman–Crippen MR) is 69.0 cm³/mol. The third-order valence-corrected chi connectivity index (χ3v) is 2.40. The third kappa shape index (κ3) is 2.45. The van der Waals surface area contributed by atoms with E-state index in [1.807, 2.05) is 30.3 Å². The molecule has 0 saturated carbocycles. The Morgan fingerprint density at radius 3 is 2.38 bits per heavy atom. The van der Waals surface area contributed by atoms with Crippen molar-refractivity contribution in [3.05, 3.63) is 54.1 Å². The maximum Gasteiger partial charge on any atom is 0.0578 e. The number of nitrogen functional groups attached to an aromatic ring is 2. The van der Waals surface area contributed by atoms with Crippen molar-refractivity contribution in [1.29, 1.82) is 0 Å². The molecule has 0 aliphatic rings. The molecule has 0 spiro atoms. The Hall–Kier alpha value is -2.16. The van der Waals surface area contributed by atoms with Gasteiger partial charge in [-0.3, -0.25) is 0 Å². The topological polar surface area (TPSA) is 64.1 Å². The summed E-state index contributed by atoms with van der Waals surface area (Å²) in [7, 11) is 0. The van der Waals surface area contributed by atoms with E-state index in [1.165, 1.54) is 5.56 Å². The van der Waals surface area contributed by atoms with E-state index >= 15 is 0 Å². The molecule has 0 fully saturated rings. The molecule has 5 N–H and O–H groups in total. The van der Waals surface area contributed by atoms with Gasteiger partial charge in [-0.2, -0.15) is 0 Å². The van der Waals surface area contributed by atoms with Gasteiger partial charge in [0.1, 0.15) is 0 Å². The van der Waals surface area contributed by atoms with Gasteiger partial charge in [-0.25, -0.2) is 0 Å². The molecule has 2 rings (SSSR count). The molecule has 0 bridgehead atoms. The first-order valence-corrected chi connectivity index (χ1v) is 5.18. The number of nitrogens with one attached hydrogen (secondary N) is 1. The fourth-order valence-corrected chi connectivity index (χ4v) is 1.54. The van der Waals surface area contributed by atoms with E-state index in [4.69, 9.17) is 11.5 Å². The minimum atomic E-state index is 0.677. The minimum absolute atomic E-state index is 0.677. The van der Waals surface area contributed by atoms with Gasteiger partial charge >= 0.3 is 0 Å². The molecule has 0 saturated heterocycles. The van der Waals surface area contributed by atoms with Gasteiger partial charge in [0.15, 0.2) is 0 Å². The third-order valence-electron chi connectivity index (χ3n) is 2.40. The quantitative estimate of drug-likeness (QED) is 0.686. The summed E-state index contributed by atoms with van der Waals surface area (Å²) in [6, 6.07) is 15.7. The highest BCUT2D eigenvalue weighted by Crippen LogP contribution is 2.21. The number of benzene rings is 2. The molecule has 82 valence electrons. The van der Waals surface area contributed by atoms with Crippen molar-refractivity contribution < 1.29 is 0 Å². The molecule has 0 aliphatic heterocycles. The van der Waals surface area contributed by atoms with Gasteiger partial charge in [-0.05, 0) is 23.8 Å². The summed E-state index contributed by atoms with van der Waals surface area (Å²) in [6.45, 7) is 0.759. The zero-order valence-electron chi connectivity index (χ0n) is 8.98. The average Bonchev–Trinajstić information content (AvgIpc) is 2.29. The fraction of sp³-hybridized carbons (Fsp3) is 0.0769. The van der Waals surface area contributed by atoms with Gasteiger partial charge < -0.3 is 16.8 Å². The second-order valence-corrected chi connectivity index (χ2v) is 3.69. The molecule has 0 aliphatic carbocycles. The summed E-state index contributed by atoms with van der Waals surface area (Å²) >= 11 is 0. The van der Waals surface area contributed by atoms with Crippen LogP contribution < -0.4 is 16.8 Å². The molecule has 2 aromatic rings. The zero-order valence-corrected chi connectivity index (χ0v) is 8.98. The fourth-order valence-electron chi connectivity index (χ4n) is 1.54. The van der Waals surface area contributed by atoms with Crippen molar-refractivity contribution in [2.45, 2.75) is 6.54 Å². The van der Waals surface area contributed by atoms with Crippen LogP contribution in [-0.2, 0) is 6.54 Å². The highest BCUT2D eigenvalue weighted by Gasteiger charge is 1.98. The highest BCUT2D eigenvalue weighted by molar-refractivity contribution is 5.70. The molecular formula is C13H15N3. The molecular weight excluding hydrogens is 198 g/mol. The van der Waals surface area contributed by atoms with Crippen LogP contribution in [0.25, 0.3) is 0 Å². The van der Waals surface area contributed by atoms with Crippen LogP contribution in [0.3, 0.4) is 0 Å². The summed E-state index contributed by atoms with van der Waals surface area (Å²) in [5, 5.41) is 3.28. The lowest BCUT2D eigenvalue weighted by atomic mass is 10.2. The molecule has 0 radical (unpaired) electrons. The van der Waals surface area contributed by atoms with Crippen LogP contribution in [0.4, 0.5) is 17.1 Å². The van der Waals surface area contributed by atoms with Crippen LogP contribution in [0.2, 0.25) is 0 Å². The van der Waals surface area contributed by atoms with Crippen molar-refractivity contribution >= 4 is 17.1 Å². The van der Waals surface area contributed by atoms with Crippen LogP contribution in [0.5, 0.6) is 0 Å². The van der Waals surface area contributed by atoms with Crippen LogP contribution in [0, 0.1) is 0 Å². The molecule has 2 aromatic carbocycles. The molecule has 0 aromatic heterocycles. The number of hydrogen-bond acceptors (Lipinski definition) is 3. The van der Waals surface area contributed by atoms with E-state index in [0.29, 0.717) is 11.4 Å². The van der Waals surface area contributed by atoms with Gasteiger partial charge in [0.05, 0.1) is 11.4 Å². The highest BCUT2D eigenvalue weighted by atomic mass is 14.9. The molecule has 0 atom stereocenters. The first kappa shape index (κ1) is 10.4. The number of hydrogen-bond donors (Lipinski definition) is 3. The van der Waals surface area contributed by atoms with Crippen molar-refractivity contribution in [3.8, 4) is 0 Å². The standard InChI is InChI=1S/C13H15N3/c14-11-6-7-13(12(15)8-11)16-9-10-4-2-1-3-5-10/h1-8,16H,9,14-15H2. The van der Waals surface area contributed by atoms with Crippen molar-refractivity contribution in [1.82, 2.24) is 0 Å². The van der Waals surface area contributed by atoms with Crippen LogP contribution >= 0.6 is 0 Å². The molecule has 0 heterocycles. The van der Waals surface area contributed by atoms with Gasteiger partial charge in [0.25, 0.3) is 0 Å². The zero-order chi connectivity index (χ0) is 11.4. The van der Waals surface area contributed by atoms with Crippen LogP contribution in [0.1, 0.15) is 5.56 Å². The van der Waals surface area contributed by atoms with E-state index in [0.717, 1.165) is 12.2 Å². The Morgan fingerprint density at radius 1 is 0.938 bits per heavy atom. The number of anilines is 3. The Balaban J connectivity index is 2.05. The molecule has 16 heavy (non-hydrogen) atoms. The maximum absolute atomic E-state index is 5.84. The Kier molecular flexibility index (Phi) is 2.96. The lowest BCUT2D eigenvalue weighted by Gasteiger charge is -2.09. The molecule has 0 amide bonds. The second kappa shape index (κ2) is 4.57. The Morgan fingerprint density at radius 2 is 1.69 bits per heavy atom. The number of nitrogens with two attached hydrogens (primary N) is 2. The van der Waals surface area contributed by atoms with Gasteiger partial charge in [0.2, 0.25) is 0 Å². The average molecular weight is 213 g/mol. The lowest BCUT2D eigenvalue weighted by molar-refractivity contribution is 1.15. The summed E-state index contributed by atoms with van der Waals surface area (Å²) in [4.78, 5) is 0. The largest absolute Gasteiger partial charge is 0.399 e. The molecule has 3 nitrogen and oxygen atoms in total. The Labute approximate surface area is 95.1 Å².